The number of benzene rings is 1. The molecule has 1 saturated heterocycles. The van der Waals surface area contributed by atoms with Gasteiger partial charge in [0, 0.05) is 40.2 Å². The molecular formula is C48H62N4O10S. The van der Waals surface area contributed by atoms with E-state index in [1.807, 2.05) is 57.2 Å². The molecule has 7 atom stereocenters. The lowest BCUT2D eigenvalue weighted by Gasteiger charge is -2.32. The molecule has 1 N–H and O–H groups in total. The number of ether oxygens (including phenoxy) is 4. The highest BCUT2D eigenvalue weighted by atomic mass is 32.2. The molecule has 0 bridgehead atoms. The maximum atomic E-state index is 15.2. The zero-order chi connectivity index (χ0) is 47.9. The maximum Gasteiger partial charge on any atom is 0.307 e. The number of hydrogen-bond donors (Lipinski definition) is 1. The number of amides is 2. The number of carbonyl (C=O) groups is 4. The molecule has 0 unspecified atom stereocenters. The summed E-state index contributed by atoms with van der Waals surface area (Å²) < 4.78 is 75.8. The molecule has 14 nitrogen and oxygen atoms in total. The third kappa shape index (κ3) is 10.8. The van der Waals surface area contributed by atoms with Crippen LogP contribution in [0.25, 0.3) is 22.0 Å². The summed E-state index contributed by atoms with van der Waals surface area (Å²) in [6.45, 7) is 7.61. The summed E-state index contributed by atoms with van der Waals surface area (Å²) in [5.41, 5.74) is -1.98. The van der Waals surface area contributed by atoms with E-state index in [2.05, 4.69) is 16.6 Å². The van der Waals surface area contributed by atoms with Crippen molar-refractivity contribution >= 4 is 44.4 Å². The number of nitrogens with zero attached hydrogens (tertiary/aromatic N) is 3. The fourth-order valence-electron chi connectivity index (χ4n) is 9.06. The summed E-state index contributed by atoms with van der Waals surface area (Å²) >= 11 is 0. The molecule has 340 valence electrons. The number of nitrogens with one attached hydrogen (secondary N) is 1. The molecule has 1 aromatic carbocycles. The SMILES string of the molecule is [2H]C([2H])([2H])C(C)(C)OC(=O)C[C@@H]1C(=O)N2C[C@H](Oc3nc(-c4ccc(OC(C)C)nc4)cc4cc(OC)ccc34)C[C@H]2C(=O)C[C@]2(C(=O)NS(=O)(=O)C3CC3)C[C@H]2/C=C\CC[C@H](C)C[C@H]1C. The molecule has 3 aromatic rings. The van der Waals surface area contributed by atoms with Gasteiger partial charge in [-0.2, -0.15) is 0 Å². The molecule has 4 aliphatic rings. The molecule has 15 heteroatoms. The van der Waals surface area contributed by atoms with Crippen LogP contribution in [0.2, 0.25) is 0 Å². The zero-order valence-electron chi connectivity index (χ0n) is 40.2. The van der Waals surface area contributed by atoms with Crippen molar-refractivity contribution in [1.82, 2.24) is 19.6 Å². The lowest BCUT2D eigenvalue weighted by Crippen LogP contribution is -2.47. The van der Waals surface area contributed by atoms with Crippen LogP contribution in [-0.2, 0) is 33.9 Å². The third-order valence-corrected chi connectivity index (χ3v) is 14.4. The van der Waals surface area contributed by atoms with E-state index in [4.69, 9.17) is 28.0 Å². The van der Waals surface area contributed by atoms with Gasteiger partial charge in [0.05, 0.1) is 54.5 Å². The summed E-state index contributed by atoms with van der Waals surface area (Å²) in [5.74, 6) is -3.00. The Bertz CT molecular complexity index is 2480. The fourth-order valence-corrected chi connectivity index (χ4v) is 10.4. The van der Waals surface area contributed by atoms with Gasteiger partial charge >= 0.3 is 5.97 Å². The second kappa shape index (κ2) is 18.2. The number of allylic oxidation sites excluding steroid dienone is 2. The van der Waals surface area contributed by atoms with Gasteiger partial charge in [-0.1, -0.05) is 26.0 Å². The van der Waals surface area contributed by atoms with Gasteiger partial charge in [0.2, 0.25) is 33.6 Å². The molecule has 7 rings (SSSR count). The van der Waals surface area contributed by atoms with E-state index in [-0.39, 0.29) is 43.7 Å². The van der Waals surface area contributed by atoms with E-state index in [0.717, 1.165) is 11.8 Å². The number of ketones is 1. The highest BCUT2D eigenvalue weighted by molar-refractivity contribution is 7.90. The number of hydrogen-bond acceptors (Lipinski definition) is 12. The number of carbonyl (C=O) groups excluding carboxylic acids is 4. The monoisotopic (exact) mass is 889 g/mol. The molecule has 3 fully saturated rings. The second-order valence-corrected chi connectivity index (χ2v) is 20.8. The van der Waals surface area contributed by atoms with Gasteiger partial charge in [0.1, 0.15) is 17.5 Å². The molecule has 0 spiro atoms. The Morgan fingerprint density at radius 2 is 1.86 bits per heavy atom. The topological polar surface area (TPSA) is 180 Å². The first-order chi connectivity index (χ1) is 31.0. The molecular weight excluding hydrogens is 825 g/mol. The van der Waals surface area contributed by atoms with Crippen LogP contribution in [0.1, 0.15) is 110 Å². The van der Waals surface area contributed by atoms with Crippen LogP contribution >= 0.6 is 0 Å². The average molecular weight is 890 g/mol. The van der Waals surface area contributed by atoms with Gasteiger partial charge in [0.15, 0.2) is 5.78 Å². The Kier molecular flexibility index (Phi) is 12.1. The van der Waals surface area contributed by atoms with Crippen LogP contribution in [0.4, 0.5) is 0 Å². The molecule has 2 aliphatic heterocycles. The van der Waals surface area contributed by atoms with E-state index in [1.165, 1.54) is 18.7 Å². The molecule has 2 amide bonds. The van der Waals surface area contributed by atoms with Crippen molar-refractivity contribution in [3.63, 3.8) is 0 Å². The van der Waals surface area contributed by atoms with Crippen LogP contribution < -0.4 is 18.9 Å². The normalized spacial score (nSPS) is 28.3. The number of esters is 1. The van der Waals surface area contributed by atoms with Crippen molar-refractivity contribution in [2.45, 2.75) is 135 Å². The molecule has 2 aromatic heterocycles. The minimum Gasteiger partial charge on any atom is -0.497 e. The fraction of sp³-hybridized carbons (Fsp3) is 0.583. The number of sulfonamides is 1. The molecule has 2 aliphatic carbocycles. The molecule has 0 radical (unpaired) electrons. The Hall–Kier alpha value is -5.05. The Balaban J connectivity index is 1.26. The number of methoxy groups -OCH3 is 1. The summed E-state index contributed by atoms with van der Waals surface area (Å²) in [6, 6.07) is 9.76. The lowest BCUT2D eigenvalue weighted by atomic mass is 9.82. The first kappa shape index (κ1) is 41.9. The minimum absolute atomic E-state index is 0.00350. The number of aromatic nitrogens is 2. The number of fused-ring (bicyclic) bond motifs is 3. The summed E-state index contributed by atoms with van der Waals surface area (Å²) in [4.78, 5) is 68.7. The van der Waals surface area contributed by atoms with E-state index in [9.17, 15) is 22.8 Å². The van der Waals surface area contributed by atoms with E-state index in [0.29, 0.717) is 54.0 Å². The number of rotatable bonds is 11. The Morgan fingerprint density at radius 3 is 2.54 bits per heavy atom. The van der Waals surface area contributed by atoms with Crippen molar-refractivity contribution in [1.29, 1.82) is 0 Å². The van der Waals surface area contributed by atoms with Crippen LogP contribution in [0, 0.1) is 29.1 Å². The van der Waals surface area contributed by atoms with Crippen LogP contribution in [-0.4, -0.2) is 89.6 Å². The number of Topliss-reactive ketones (excluding diaryl/α,β-unsaturated/α-hetero) is 1. The van der Waals surface area contributed by atoms with Crippen LogP contribution in [0.3, 0.4) is 0 Å². The van der Waals surface area contributed by atoms with E-state index < -0.39 is 93.0 Å². The first-order valence-electron chi connectivity index (χ1n) is 23.6. The Morgan fingerprint density at radius 1 is 1.08 bits per heavy atom. The average Bonchev–Trinajstić information content (AvgIpc) is 4.17. The molecule has 63 heavy (non-hydrogen) atoms. The van der Waals surface area contributed by atoms with Crippen molar-refractivity contribution < 1.29 is 50.7 Å². The zero-order valence-corrected chi connectivity index (χ0v) is 38.0. The molecule has 2 saturated carbocycles. The Labute approximate surface area is 375 Å². The summed E-state index contributed by atoms with van der Waals surface area (Å²) in [7, 11) is -2.37. The third-order valence-electron chi connectivity index (χ3n) is 12.6. The van der Waals surface area contributed by atoms with Crippen LogP contribution in [0.15, 0.2) is 54.7 Å². The van der Waals surface area contributed by atoms with E-state index >= 15 is 4.79 Å². The quantitative estimate of drug-likeness (QED) is 0.149. The van der Waals surface area contributed by atoms with Crippen molar-refractivity contribution in [3.05, 3.63) is 54.7 Å². The highest BCUT2D eigenvalue weighted by Crippen LogP contribution is 2.57. The van der Waals surface area contributed by atoms with Gasteiger partial charge in [-0.25, -0.2) is 18.4 Å². The maximum absolute atomic E-state index is 15.2. The van der Waals surface area contributed by atoms with E-state index in [1.54, 1.807) is 25.4 Å². The second-order valence-electron chi connectivity index (χ2n) is 18.8. The predicted molar refractivity (Wildman–Crippen MR) is 237 cm³/mol. The standard InChI is InChI=1S/C48H62N4O10S/c1-28(2)60-42-18-13-31(26-49-42)39-21-32-20-34(59-8)14-17-37(32)44(50-39)61-35-22-40-41(53)25-48(46(56)51-63(57,58)36-15-16-36)24-33(48)12-10-9-11-29(3)19-30(4)38(45(55)52(40)27-35)23-43(54)62-47(5,6)7/h10,12-14,17-18,20-21,26,28-30,33,35-36,38,40H,9,11,15-16,19,22-25,27H2,1-8H3,(H,51,56)/b12-10-/t29-,30+,33+,35+,38-,40-,48+/m0/s1/i5D3. The van der Waals surface area contributed by atoms with Gasteiger partial charge in [-0.15, -0.1) is 0 Å². The predicted octanol–water partition coefficient (Wildman–Crippen LogP) is 7.38. The minimum atomic E-state index is -3.93. The summed E-state index contributed by atoms with van der Waals surface area (Å²) in [5, 5.41) is 0.718. The van der Waals surface area contributed by atoms with Gasteiger partial charge < -0.3 is 23.8 Å². The van der Waals surface area contributed by atoms with Gasteiger partial charge in [0.25, 0.3) is 0 Å². The smallest absolute Gasteiger partial charge is 0.307 e. The van der Waals surface area contributed by atoms with Gasteiger partial charge in [-0.05, 0) is 127 Å². The van der Waals surface area contributed by atoms with Crippen LogP contribution in [0.5, 0.6) is 17.5 Å². The van der Waals surface area contributed by atoms with Crippen molar-refractivity contribution in [3.8, 4) is 28.8 Å². The highest BCUT2D eigenvalue weighted by Gasteiger charge is 2.61. The van der Waals surface area contributed by atoms with Gasteiger partial charge in [-0.3, -0.25) is 23.9 Å². The van der Waals surface area contributed by atoms with Crippen molar-refractivity contribution in [2.24, 2.45) is 29.1 Å². The molecule has 4 heterocycles. The lowest BCUT2D eigenvalue weighted by molar-refractivity contribution is -0.160. The summed E-state index contributed by atoms with van der Waals surface area (Å²) in [6.07, 6.45) is 6.93. The number of pyridine rings is 2. The first-order valence-corrected chi connectivity index (χ1v) is 23.6. The van der Waals surface area contributed by atoms with Crippen molar-refractivity contribution in [2.75, 3.05) is 13.7 Å². The largest absolute Gasteiger partial charge is 0.497 e.